The van der Waals surface area contributed by atoms with Gasteiger partial charge in [-0.25, -0.2) is 14.8 Å². The fourth-order valence-electron chi connectivity index (χ4n) is 3.35. The smallest absolute Gasteiger partial charge is 0.351 e. The SMILES string of the molecule is COc1cccc(-c2nc(Nc3ncc(-c4cccs4)cc3C(=O)OI)sc2CC(C)C)c1. The van der Waals surface area contributed by atoms with Crippen LogP contribution in [0.2, 0.25) is 0 Å². The van der Waals surface area contributed by atoms with E-state index in [4.69, 9.17) is 12.8 Å². The van der Waals surface area contributed by atoms with Crippen LogP contribution in [0.5, 0.6) is 5.75 Å². The van der Waals surface area contributed by atoms with Gasteiger partial charge in [0.2, 0.25) is 0 Å². The summed E-state index contributed by atoms with van der Waals surface area (Å²) in [6.45, 7) is 4.36. The molecule has 3 heterocycles. The third-order valence-electron chi connectivity index (χ3n) is 4.84. The second-order valence-electron chi connectivity index (χ2n) is 7.71. The van der Waals surface area contributed by atoms with Gasteiger partial charge >= 0.3 is 5.97 Å². The first-order valence-electron chi connectivity index (χ1n) is 10.3. The van der Waals surface area contributed by atoms with Gasteiger partial charge in [-0.05, 0) is 42.0 Å². The number of hydrogen-bond acceptors (Lipinski definition) is 8. The highest BCUT2D eigenvalue weighted by molar-refractivity contribution is 14.1. The standard InChI is InChI=1S/C24H22IN3O3S2/c1-14(2)10-20-21(15-6-4-7-17(11-15)30-3)27-24(33-20)28-22-18(23(29)31-25)12-16(13-26-22)19-8-5-9-32-19/h4-9,11-14H,10H2,1-3H3,(H,26,27,28). The van der Waals surface area contributed by atoms with Crippen molar-refractivity contribution in [1.82, 2.24) is 9.97 Å². The molecule has 0 aliphatic carbocycles. The van der Waals surface area contributed by atoms with Crippen LogP contribution in [0, 0.1) is 5.92 Å². The number of methoxy groups -OCH3 is 1. The number of anilines is 2. The zero-order valence-corrected chi connectivity index (χ0v) is 22.1. The van der Waals surface area contributed by atoms with Crippen LogP contribution < -0.4 is 10.1 Å². The molecule has 1 aromatic carbocycles. The van der Waals surface area contributed by atoms with Crippen molar-refractivity contribution in [3.63, 3.8) is 0 Å². The summed E-state index contributed by atoms with van der Waals surface area (Å²) < 4.78 is 10.4. The predicted octanol–water partition coefficient (Wildman–Crippen LogP) is 7.39. The first kappa shape index (κ1) is 23.7. The zero-order valence-electron chi connectivity index (χ0n) is 18.3. The molecule has 3 aromatic heterocycles. The van der Waals surface area contributed by atoms with Crippen molar-refractivity contribution in [2.24, 2.45) is 5.92 Å². The fourth-order valence-corrected chi connectivity index (χ4v) is 5.49. The number of aromatic nitrogens is 2. The van der Waals surface area contributed by atoms with E-state index in [2.05, 4.69) is 24.1 Å². The number of thiazole rings is 1. The van der Waals surface area contributed by atoms with Crippen molar-refractivity contribution in [1.29, 1.82) is 0 Å². The average molecular weight is 591 g/mol. The molecule has 33 heavy (non-hydrogen) atoms. The number of carbonyl (C=O) groups excluding carboxylic acids is 1. The van der Waals surface area contributed by atoms with Crippen LogP contribution in [-0.4, -0.2) is 23.0 Å². The number of pyridine rings is 1. The van der Waals surface area contributed by atoms with Crippen molar-refractivity contribution >= 4 is 62.6 Å². The van der Waals surface area contributed by atoms with Crippen molar-refractivity contribution in [3.8, 4) is 27.4 Å². The molecule has 0 unspecified atom stereocenters. The minimum absolute atomic E-state index is 0.360. The van der Waals surface area contributed by atoms with Crippen molar-refractivity contribution in [3.05, 3.63) is 64.5 Å². The van der Waals surface area contributed by atoms with E-state index < -0.39 is 5.97 Å². The van der Waals surface area contributed by atoms with Gasteiger partial charge in [0.15, 0.2) is 28.1 Å². The normalized spacial score (nSPS) is 10.9. The third kappa shape index (κ3) is 5.53. The second kappa shape index (κ2) is 10.6. The van der Waals surface area contributed by atoms with E-state index in [1.807, 2.05) is 41.8 Å². The van der Waals surface area contributed by atoms with Gasteiger partial charge in [-0.1, -0.05) is 32.0 Å². The van der Waals surface area contributed by atoms with E-state index in [1.165, 1.54) is 0 Å². The van der Waals surface area contributed by atoms with E-state index in [0.717, 1.165) is 38.7 Å². The highest BCUT2D eigenvalue weighted by Gasteiger charge is 2.20. The Hall–Kier alpha value is -2.50. The summed E-state index contributed by atoms with van der Waals surface area (Å²) >= 11 is 4.76. The Balaban J connectivity index is 1.72. The quantitative estimate of drug-likeness (QED) is 0.216. The van der Waals surface area contributed by atoms with Crippen molar-refractivity contribution in [2.45, 2.75) is 20.3 Å². The maximum Gasteiger partial charge on any atom is 0.351 e. The van der Waals surface area contributed by atoms with Crippen LogP contribution in [0.1, 0.15) is 29.1 Å². The number of thiophene rings is 1. The first-order valence-corrected chi connectivity index (χ1v) is 12.8. The molecule has 0 bridgehead atoms. The summed E-state index contributed by atoms with van der Waals surface area (Å²) in [6, 6.07) is 13.6. The second-order valence-corrected chi connectivity index (χ2v) is 10.2. The van der Waals surface area contributed by atoms with Crippen molar-refractivity contribution < 1.29 is 12.6 Å². The number of carbonyl (C=O) groups is 1. The van der Waals surface area contributed by atoms with E-state index in [9.17, 15) is 4.79 Å². The monoisotopic (exact) mass is 591 g/mol. The molecule has 0 atom stereocenters. The van der Waals surface area contributed by atoms with Crippen LogP contribution in [0.25, 0.3) is 21.7 Å². The Labute approximate surface area is 214 Å². The van der Waals surface area contributed by atoms with E-state index in [0.29, 0.717) is 22.4 Å². The number of rotatable bonds is 8. The number of halogens is 1. The van der Waals surface area contributed by atoms with Gasteiger partial charge in [-0.15, -0.1) is 22.7 Å². The van der Waals surface area contributed by atoms with Crippen LogP contribution >= 0.6 is 45.7 Å². The molecule has 6 nitrogen and oxygen atoms in total. The molecule has 9 heteroatoms. The minimum Gasteiger partial charge on any atom is -0.497 e. The first-order chi connectivity index (χ1) is 16.0. The molecule has 0 saturated heterocycles. The van der Waals surface area contributed by atoms with Gasteiger partial charge in [-0.2, -0.15) is 0 Å². The number of hydrogen-bond donors (Lipinski definition) is 1. The van der Waals surface area contributed by atoms with Crippen LogP contribution in [0.3, 0.4) is 0 Å². The lowest BCUT2D eigenvalue weighted by Crippen LogP contribution is -2.06. The van der Waals surface area contributed by atoms with Crippen molar-refractivity contribution in [2.75, 3.05) is 12.4 Å². The topological polar surface area (TPSA) is 73.3 Å². The molecule has 0 radical (unpaired) electrons. The average Bonchev–Trinajstić information content (AvgIpc) is 3.49. The highest BCUT2D eigenvalue weighted by atomic mass is 127. The highest BCUT2D eigenvalue weighted by Crippen LogP contribution is 2.36. The molecule has 0 aliphatic heterocycles. The summed E-state index contributed by atoms with van der Waals surface area (Å²) in [5, 5.41) is 5.92. The molecule has 170 valence electrons. The van der Waals surface area contributed by atoms with Gasteiger partial charge in [0.25, 0.3) is 0 Å². The van der Waals surface area contributed by atoms with E-state index >= 15 is 0 Å². The molecule has 0 amide bonds. The Kier molecular flexibility index (Phi) is 7.61. The molecular formula is C24H22IN3O3S2. The maximum absolute atomic E-state index is 12.5. The molecule has 1 N–H and O–H groups in total. The molecule has 0 aliphatic rings. The van der Waals surface area contributed by atoms with Crippen LogP contribution in [0.4, 0.5) is 10.9 Å². The lowest BCUT2D eigenvalue weighted by atomic mass is 10.0. The molecule has 0 spiro atoms. The van der Waals surface area contributed by atoms with E-state index in [-0.39, 0.29) is 0 Å². The summed E-state index contributed by atoms with van der Waals surface area (Å²) in [6.07, 6.45) is 2.64. The lowest BCUT2D eigenvalue weighted by molar-refractivity contribution is 0.0801. The number of ether oxygens (including phenoxy) is 1. The summed E-state index contributed by atoms with van der Waals surface area (Å²) in [5.41, 5.74) is 3.12. The predicted molar refractivity (Wildman–Crippen MR) is 143 cm³/mol. The Morgan fingerprint density at radius 2 is 2.03 bits per heavy atom. The molecular weight excluding hydrogens is 569 g/mol. The number of nitrogens with one attached hydrogen (secondary N) is 1. The fraction of sp³-hybridized carbons (Fsp3) is 0.208. The molecule has 0 saturated carbocycles. The largest absolute Gasteiger partial charge is 0.497 e. The molecule has 0 fully saturated rings. The molecule has 4 aromatic rings. The third-order valence-corrected chi connectivity index (χ3v) is 7.15. The Morgan fingerprint density at radius 1 is 1.18 bits per heavy atom. The molecule has 4 rings (SSSR count). The summed E-state index contributed by atoms with van der Waals surface area (Å²) in [7, 11) is 1.65. The van der Waals surface area contributed by atoms with Crippen LogP contribution in [-0.2, 0) is 9.49 Å². The number of benzene rings is 1. The zero-order chi connectivity index (χ0) is 23.4. The van der Waals surface area contributed by atoms with Gasteiger partial charge in [0.05, 0.1) is 12.8 Å². The Morgan fingerprint density at radius 3 is 2.73 bits per heavy atom. The van der Waals surface area contributed by atoms with Gasteiger partial charge in [0, 0.05) is 27.1 Å². The van der Waals surface area contributed by atoms with Gasteiger partial charge in [-0.3, -0.25) is 0 Å². The van der Waals surface area contributed by atoms with E-state index in [1.54, 1.807) is 65.1 Å². The van der Waals surface area contributed by atoms with Gasteiger partial charge in [0.1, 0.15) is 17.1 Å². The summed E-state index contributed by atoms with van der Waals surface area (Å²) in [4.78, 5) is 24.1. The van der Waals surface area contributed by atoms with Gasteiger partial charge < -0.3 is 13.1 Å². The minimum atomic E-state index is -0.462. The maximum atomic E-state index is 12.5. The summed E-state index contributed by atoms with van der Waals surface area (Å²) in [5.74, 6) is 1.20. The lowest BCUT2D eigenvalue weighted by Gasteiger charge is -2.08. The Bertz CT molecular complexity index is 1260. The number of nitrogens with zero attached hydrogens (tertiary/aromatic N) is 2. The van der Waals surface area contributed by atoms with Crippen LogP contribution in [0.15, 0.2) is 54.0 Å².